The Morgan fingerprint density at radius 3 is 2.76 bits per heavy atom. The summed E-state index contributed by atoms with van der Waals surface area (Å²) < 4.78 is 30.0. The Balaban J connectivity index is 1.20. The van der Waals surface area contributed by atoms with Gasteiger partial charge in [0.1, 0.15) is 28.8 Å². The molecule has 0 spiro atoms. The molecule has 186 valence electrons. The van der Waals surface area contributed by atoms with Gasteiger partial charge in [-0.15, -0.1) is 10.2 Å². The minimum absolute atomic E-state index is 0.202. The van der Waals surface area contributed by atoms with Gasteiger partial charge in [-0.05, 0) is 48.1 Å². The Labute approximate surface area is 209 Å². The van der Waals surface area contributed by atoms with Crippen molar-refractivity contribution in [1.82, 2.24) is 25.1 Å². The molecule has 7 rings (SSSR count). The highest BCUT2D eigenvalue weighted by Gasteiger charge is 2.66. The van der Waals surface area contributed by atoms with E-state index < -0.39 is 5.82 Å². The molecule has 1 aliphatic carbocycles. The standard InChI is InChI=1S/C27H23F2N7O/c28-20-4-2-1-3-18(20)27(13-30)17-8-10-36(12-19(17)27)21-11-32-24-23(34-35-25(24)33-21)16-6-5-15-14(22(16)29)7-9-31-26(15)37/h1-7,9,11,17,19,32H,8,10,12-13,30H2,(H,31,37)/t17-,19+,27-/m1/s1. The smallest absolute Gasteiger partial charge is 0.255 e. The zero-order valence-corrected chi connectivity index (χ0v) is 19.7. The number of H-pyrrole nitrogens is 2. The van der Waals surface area contributed by atoms with Gasteiger partial charge in [0.2, 0.25) is 5.82 Å². The third-order valence-electron chi connectivity index (χ3n) is 8.28. The monoisotopic (exact) mass is 499 g/mol. The molecule has 3 atom stereocenters. The number of fused-ring (bicyclic) bond motifs is 3. The second-order valence-corrected chi connectivity index (χ2v) is 9.87. The van der Waals surface area contributed by atoms with E-state index in [0.29, 0.717) is 47.6 Å². The minimum Gasteiger partial charge on any atom is -0.355 e. The molecule has 4 heterocycles. The number of halogens is 2. The predicted octanol–water partition coefficient (Wildman–Crippen LogP) is 3.44. The Bertz CT molecular complexity index is 1700. The van der Waals surface area contributed by atoms with Crippen LogP contribution in [0.3, 0.4) is 0 Å². The van der Waals surface area contributed by atoms with E-state index in [0.717, 1.165) is 13.0 Å². The lowest BCUT2D eigenvalue weighted by Crippen LogP contribution is -2.33. The van der Waals surface area contributed by atoms with Crippen LogP contribution in [0.25, 0.3) is 33.5 Å². The van der Waals surface area contributed by atoms with Crippen LogP contribution >= 0.6 is 0 Å². The molecule has 1 saturated carbocycles. The molecule has 3 aromatic rings. The molecule has 2 aromatic carbocycles. The second kappa shape index (κ2) is 7.91. The first-order chi connectivity index (χ1) is 18.0. The van der Waals surface area contributed by atoms with Gasteiger partial charge in [0.15, 0.2) is 0 Å². The molecule has 10 heteroatoms. The SMILES string of the molecule is NC[C@]1(c2ccccc2F)[C@@H]2CCN(c3c[nH]c4c(-c5ccc6c(=O)[nH]ccc6c5F)nnc-4n3)C[C@@H]21. The maximum atomic E-state index is 15.3. The number of hydrogen-bond acceptors (Lipinski definition) is 6. The van der Waals surface area contributed by atoms with Crippen molar-refractivity contribution in [3.05, 3.63) is 82.4 Å². The highest BCUT2D eigenvalue weighted by molar-refractivity contribution is 5.89. The van der Waals surface area contributed by atoms with E-state index in [2.05, 4.69) is 25.1 Å². The topological polar surface area (TPSA) is 117 Å². The first-order valence-electron chi connectivity index (χ1n) is 12.2. The van der Waals surface area contributed by atoms with E-state index in [1.807, 2.05) is 12.1 Å². The quantitative estimate of drug-likeness (QED) is 0.349. The van der Waals surface area contributed by atoms with Crippen LogP contribution in [-0.4, -0.2) is 44.8 Å². The predicted molar refractivity (Wildman–Crippen MR) is 135 cm³/mol. The van der Waals surface area contributed by atoms with Gasteiger partial charge in [-0.25, -0.2) is 13.8 Å². The highest BCUT2D eigenvalue weighted by Crippen LogP contribution is 2.63. The van der Waals surface area contributed by atoms with Gasteiger partial charge < -0.3 is 20.6 Å². The summed E-state index contributed by atoms with van der Waals surface area (Å²) in [5.74, 6) is 0.907. The molecule has 2 fully saturated rings. The number of pyridine rings is 1. The fraction of sp³-hybridized carbons (Fsp3) is 0.259. The van der Waals surface area contributed by atoms with E-state index in [4.69, 9.17) is 10.7 Å². The Kier molecular flexibility index (Phi) is 4.71. The van der Waals surface area contributed by atoms with Crippen molar-refractivity contribution in [2.45, 2.75) is 11.8 Å². The number of anilines is 1. The maximum absolute atomic E-state index is 15.3. The van der Waals surface area contributed by atoms with Crippen molar-refractivity contribution in [2.24, 2.45) is 17.6 Å². The van der Waals surface area contributed by atoms with Crippen molar-refractivity contribution in [3.63, 3.8) is 0 Å². The molecule has 37 heavy (non-hydrogen) atoms. The lowest BCUT2D eigenvalue weighted by molar-refractivity contribution is 0.533. The summed E-state index contributed by atoms with van der Waals surface area (Å²) in [4.78, 5) is 24.6. The second-order valence-electron chi connectivity index (χ2n) is 9.87. The molecule has 0 amide bonds. The zero-order chi connectivity index (χ0) is 25.3. The summed E-state index contributed by atoms with van der Waals surface area (Å²) in [7, 11) is 0. The lowest BCUT2D eigenvalue weighted by Gasteiger charge is -2.27. The largest absolute Gasteiger partial charge is 0.355 e. The number of benzene rings is 2. The molecule has 8 nitrogen and oxygen atoms in total. The van der Waals surface area contributed by atoms with E-state index in [-0.39, 0.29) is 39.0 Å². The average Bonchev–Trinajstić information content (AvgIpc) is 3.38. The van der Waals surface area contributed by atoms with Crippen LogP contribution in [0.5, 0.6) is 0 Å². The Morgan fingerprint density at radius 2 is 1.92 bits per heavy atom. The van der Waals surface area contributed by atoms with Crippen LogP contribution in [0, 0.1) is 23.5 Å². The maximum Gasteiger partial charge on any atom is 0.255 e. The third kappa shape index (κ3) is 3.08. The highest BCUT2D eigenvalue weighted by atomic mass is 19.1. The molecule has 0 unspecified atom stereocenters. The molecule has 4 aliphatic rings. The summed E-state index contributed by atoms with van der Waals surface area (Å²) in [6, 6.07) is 11.6. The number of hydrogen-bond donors (Lipinski definition) is 3. The van der Waals surface area contributed by atoms with Gasteiger partial charge in [0.05, 0.1) is 0 Å². The number of aromatic amines is 2. The number of piperidine rings is 1. The summed E-state index contributed by atoms with van der Waals surface area (Å²) in [6.45, 7) is 1.87. The van der Waals surface area contributed by atoms with Crippen molar-refractivity contribution in [3.8, 4) is 22.8 Å². The number of nitrogens with two attached hydrogens (primary N) is 1. The van der Waals surface area contributed by atoms with Crippen molar-refractivity contribution >= 4 is 16.6 Å². The fourth-order valence-corrected chi connectivity index (χ4v) is 6.39. The van der Waals surface area contributed by atoms with E-state index in [1.54, 1.807) is 18.3 Å². The van der Waals surface area contributed by atoms with Crippen LogP contribution in [-0.2, 0) is 5.41 Å². The Hall–Kier alpha value is -4.18. The van der Waals surface area contributed by atoms with Crippen molar-refractivity contribution in [2.75, 3.05) is 24.5 Å². The van der Waals surface area contributed by atoms with Gasteiger partial charge in [0.25, 0.3) is 5.56 Å². The lowest BCUT2D eigenvalue weighted by atomic mass is 9.91. The summed E-state index contributed by atoms with van der Waals surface area (Å²) >= 11 is 0. The first-order valence-corrected chi connectivity index (χ1v) is 12.2. The van der Waals surface area contributed by atoms with Gasteiger partial charge >= 0.3 is 0 Å². The fourth-order valence-electron chi connectivity index (χ4n) is 6.39. The number of aromatic nitrogens is 5. The van der Waals surface area contributed by atoms with Crippen molar-refractivity contribution < 1.29 is 8.78 Å². The van der Waals surface area contributed by atoms with E-state index in [1.165, 1.54) is 24.4 Å². The number of nitrogens with one attached hydrogen (secondary N) is 2. The van der Waals surface area contributed by atoms with Gasteiger partial charge in [-0.1, -0.05) is 18.2 Å². The molecular formula is C27H23F2N7O. The van der Waals surface area contributed by atoms with Crippen molar-refractivity contribution in [1.29, 1.82) is 0 Å². The molecule has 3 aliphatic heterocycles. The Morgan fingerprint density at radius 1 is 1.05 bits per heavy atom. The summed E-state index contributed by atoms with van der Waals surface area (Å²) in [5, 5.41) is 8.89. The number of nitrogens with zero attached hydrogens (tertiary/aromatic N) is 4. The molecule has 0 bridgehead atoms. The first kappa shape index (κ1) is 22.1. The van der Waals surface area contributed by atoms with Gasteiger partial charge in [-0.2, -0.15) is 0 Å². The van der Waals surface area contributed by atoms with Gasteiger partial charge in [-0.3, -0.25) is 4.79 Å². The van der Waals surface area contributed by atoms with Gasteiger partial charge in [0, 0.05) is 53.8 Å². The third-order valence-corrected chi connectivity index (χ3v) is 8.28. The summed E-state index contributed by atoms with van der Waals surface area (Å²) in [6.07, 6.45) is 4.07. The van der Waals surface area contributed by atoms with E-state index >= 15 is 4.39 Å². The van der Waals surface area contributed by atoms with Crippen LogP contribution in [0.4, 0.5) is 14.6 Å². The molecule has 4 N–H and O–H groups in total. The molecule has 0 radical (unpaired) electrons. The van der Waals surface area contributed by atoms with E-state index in [9.17, 15) is 9.18 Å². The summed E-state index contributed by atoms with van der Waals surface area (Å²) in [5.41, 5.74) is 7.30. The molecular weight excluding hydrogens is 476 g/mol. The van der Waals surface area contributed by atoms with Crippen LogP contribution in [0.1, 0.15) is 12.0 Å². The normalized spacial score (nSPS) is 22.9. The van der Waals surface area contributed by atoms with Crippen LogP contribution in [0.15, 0.2) is 59.7 Å². The molecule has 1 saturated heterocycles. The zero-order valence-electron chi connectivity index (χ0n) is 19.7. The number of rotatable bonds is 4. The minimum atomic E-state index is -0.537. The van der Waals surface area contributed by atoms with Crippen LogP contribution < -0.4 is 16.2 Å². The van der Waals surface area contributed by atoms with Crippen LogP contribution in [0.2, 0.25) is 0 Å². The molecule has 1 aromatic heterocycles. The average molecular weight is 500 g/mol.